The number of benzene rings is 1. The highest BCUT2D eigenvalue weighted by Crippen LogP contribution is 2.38. The van der Waals surface area contributed by atoms with Gasteiger partial charge in [0.05, 0.1) is 19.2 Å². The average molecular weight is 265 g/mol. The maximum Gasteiger partial charge on any atom is 0.305 e. The van der Waals surface area contributed by atoms with E-state index in [1.165, 1.54) is 0 Å². The van der Waals surface area contributed by atoms with Crippen LogP contribution in [0.1, 0.15) is 38.3 Å². The van der Waals surface area contributed by atoms with Gasteiger partial charge in [0.2, 0.25) is 0 Å². The van der Waals surface area contributed by atoms with E-state index in [1.807, 2.05) is 13.0 Å². The van der Waals surface area contributed by atoms with Crippen LogP contribution in [-0.2, 0) is 10.2 Å². The Balaban J connectivity index is 3.09. The van der Waals surface area contributed by atoms with Gasteiger partial charge in [0.15, 0.2) is 0 Å². The number of aryl methyl sites for hydroxylation is 1. The molecule has 1 aromatic rings. The molecule has 0 bridgehead atoms. The molecule has 0 radical (unpaired) electrons. The Kier molecular flexibility index (Phi) is 4.81. The maximum absolute atomic E-state index is 10.6. The van der Waals surface area contributed by atoms with Gasteiger partial charge in [0, 0.05) is 12.1 Å². The molecule has 0 atom stereocenters. The van der Waals surface area contributed by atoms with Crippen molar-refractivity contribution in [1.82, 2.24) is 0 Å². The fourth-order valence-electron chi connectivity index (χ4n) is 1.99. The smallest absolute Gasteiger partial charge is 0.305 e. The van der Waals surface area contributed by atoms with Crippen molar-refractivity contribution >= 4 is 11.7 Å². The molecule has 0 saturated heterocycles. The Hall–Kier alpha value is -1.71. The molecule has 106 valence electrons. The van der Waals surface area contributed by atoms with Gasteiger partial charge in [-0.1, -0.05) is 26.8 Å². The summed E-state index contributed by atoms with van der Waals surface area (Å²) in [7, 11) is 1.64. The molecule has 4 heteroatoms. The molecule has 1 aromatic carbocycles. The third-order valence-corrected chi connectivity index (χ3v) is 2.90. The number of carboxylic acid groups (broad SMARTS) is 1. The van der Waals surface area contributed by atoms with Gasteiger partial charge in [-0.2, -0.15) is 0 Å². The van der Waals surface area contributed by atoms with Gasteiger partial charge in [-0.15, -0.1) is 0 Å². The summed E-state index contributed by atoms with van der Waals surface area (Å²) in [5.41, 5.74) is 3.07. The molecule has 4 nitrogen and oxygen atoms in total. The molecular formula is C15H23NO3. The quantitative estimate of drug-likeness (QED) is 0.858. The van der Waals surface area contributed by atoms with Crippen molar-refractivity contribution in [2.45, 2.75) is 39.5 Å². The van der Waals surface area contributed by atoms with Crippen molar-refractivity contribution in [3.05, 3.63) is 23.3 Å². The topological polar surface area (TPSA) is 58.6 Å². The van der Waals surface area contributed by atoms with Crippen LogP contribution in [-0.4, -0.2) is 24.7 Å². The third kappa shape index (κ3) is 4.16. The maximum atomic E-state index is 10.6. The minimum absolute atomic E-state index is 0.0272. The first-order chi connectivity index (χ1) is 8.75. The first kappa shape index (κ1) is 15.3. The van der Waals surface area contributed by atoms with Gasteiger partial charge >= 0.3 is 5.97 Å². The van der Waals surface area contributed by atoms with Gasteiger partial charge in [-0.25, -0.2) is 0 Å². The van der Waals surface area contributed by atoms with Crippen LogP contribution in [0.3, 0.4) is 0 Å². The Labute approximate surface area is 114 Å². The van der Waals surface area contributed by atoms with Crippen molar-refractivity contribution in [1.29, 1.82) is 0 Å². The van der Waals surface area contributed by atoms with E-state index in [2.05, 4.69) is 32.2 Å². The number of rotatable bonds is 5. The third-order valence-electron chi connectivity index (χ3n) is 2.90. The molecule has 0 fully saturated rings. The standard InChI is InChI=1S/C15H23NO3/c1-10-8-11(15(2,3)4)14(19-5)12(9-10)16-7-6-13(17)18/h8-9,16H,6-7H2,1-5H3,(H,17,18). The molecule has 0 unspecified atom stereocenters. The zero-order chi connectivity index (χ0) is 14.6. The van der Waals surface area contributed by atoms with Gasteiger partial charge in [-0.05, 0) is 24.0 Å². The monoisotopic (exact) mass is 265 g/mol. The molecule has 0 aliphatic carbocycles. The van der Waals surface area contributed by atoms with Crippen LogP contribution in [0, 0.1) is 6.92 Å². The van der Waals surface area contributed by atoms with Gasteiger partial charge in [0.25, 0.3) is 0 Å². The van der Waals surface area contributed by atoms with E-state index in [-0.39, 0.29) is 11.8 Å². The van der Waals surface area contributed by atoms with E-state index in [9.17, 15) is 4.79 Å². The highest BCUT2D eigenvalue weighted by Gasteiger charge is 2.21. The minimum atomic E-state index is -0.810. The van der Waals surface area contributed by atoms with E-state index in [1.54, 1.807) is 7.11 Å². The van der Waals surface area contributed by atoms with E-state index >= 15 is 0 Å². The van der Waals surface area contributed by atoms with Crippen LogP contribution in [0.5, 0.6) is 5.75 Å². The molecule has 0 heterocycles. The summed E-state index contributed by atoms with van der Waals surface area (Å²) in [4.78, 5) is 10.6. The number of hydrogen-bond acceptors (Lipinski definition) is 3. The second kappa shape index (κ2) is 5.95. The van der Waals surface area contributed by atoms with Crippen molar-refractivity contribution in [3.63, 3.8) is 0 Å². The molecule has 0 aliphatic heterocycles. The molecule has 2 N–H and O–H groups in total. The van der Waals surface area contributed by atoms with Crippen LogP contribution in [0.2, 0.25) is 0 Å². The van der Waals surface area contributed by atoms with Crippen LogP contribution >= 0.6 is 0 Å². The van der Waals surface area contributed by atoms with Crippen molar-refractivity contribution in [2.75, 3.05) is 19.0 Å². The number of carboxylic acids is 1. The van der Waals surface area contributed by atoms with Gasteiger partial charge < -0.3 is 15.2 Å². The predicted molar refractivity (Wildman–Crippen MR) is 77.2 cm³/mol. The highest BCUT2D eigenvalue weighted by atomic mass is 16.5. The number of carbonyl (C=O) groups is 1. The Morgan fingerprint density at radius 2 is 2.00 bits per heavy atom. The molecule has 1 rings (SSSR count). The number of methoxy groups -OCH3 is 1. The Morgan fingerprint density at radius 1 is 1.37 bits per heavy atom. The summed E-state index contributed by atoms with van der Waals surface area (Å²) in [6.07, 6.45) is 0.0853. The molecule has 0 saturated carbocycles. The predicted octanol–water partition coefficient (Wildman–Crippen LogP) is 3.19. The Morgan fingerprint density at radius 3 is 2.47 bits per heavy atom. The second-order valence-corrected chi connectivity index (χ2v) is 5.71. The van der Waals surface area contributed by atoms with Crippen LogP contribution in [0.4, 0.5) is 5.69 Å². The minimum Gasteiger partial charge on any atom is -0.494 e. The van der Waals surface area contributed by atoms with E-state index in [0.29, 0.717) is 6.54 Å². The fourth-order valence-corrected chi connectivity index (χ4v) is 1.99. The number of anilines is 1. The first-order valence-corrected chi connectivity index (χ1v) is 6.40. The second-order valence-electron chi connectivity index (χ2n) is 5.71. The largest absolute Gasteiger partial charge is 0.494 e. The number of ether oxygens (including phenoxy) is 1. The van der Waals surface area contributed by atoms with E-state index in [0.717, 1.165) is 22.6 Å². The van der Waals surface area contributed by atoms with Gasteiger partial charge in [0.1, 0.15) is 5.75 Å². The fraction of sp³-hybridized carbons (Fsp3) is 0.533. The normalized spacial score (nSPS) is 11.2. The molecule has 0 spiro atoms. The summed E-state index contributed by atoms with van der Waals surface area (Å²) in [5.74, 6) is -0.0151. The molecule has 0 aliphatic rings. The summed E-state index contributed by atoms with van der Waals surface area (Å²) in [6, 6.07) is 4.09. The number of hydrogen-bond donors (Lipinski definition) is 2. The molecule has 0 amide bonds. The lowest BCUT2D eigenvalue weighted by atomic mass is 9.85. The summed E-state index contributed by atoms with van der Waals surface area (Å²) in [5, 5.41) is 11.8. The highest BCUT2D eigenvalue weighted by molar-refractivity contribution is 5.68. The zero-order valence-electron chi connectivity index (χ0n) is 12.3. The summed E-state index contributed by atoms with van der Waals surface area (Å²) >= 11 is 0. The molecule has 19 heavy (non-hydrogen) atoms. The SMILES string of the molecule is COc1c(NCCC(=O)O)cc(C)cc1C(C)(C)C. The zero-order valence-corrected chi connectivity index (χ0v) is 12.3. The lowest BCUT2D eigenvalue weighted by Crippen LogP contribution is -2.15. The van der Waals surface area contributed by atoms with E-state index in [4.69, 9.17) is 9.84 Å². The summed E-state index contributed by atoms with van der Waals surface area (Å²) < 4.78 is 5.51. The van der Waals surface area contributed by atoms with Crippen molar-refractivity contribution in [2.24, 2.45) is 0 Å². The lowest BCUT2D eigenvalue weighted by molar-refractivity contribution is -0.136. The van der Waals surface area contributed by atoms with Crippen molar-refractivity contribution in [3.8, 4) is 5.75 Å². The van der Waals surface area contributed by atoms with Crippen LogP contribution in [0.25, 0.3) is 0 Å². The number of aliphatic carboxylic acids is 1. The van der Waals surface area contributed by atoms with Crippen LogP contribution in [0.15, 0.2) is 12.1 Å². The van der Waals surface area contributed by atoms with Crippen LogP contribution < -0.4 is 10.1 Å². The lowest BCUT2D eigenvalue weighted by Gasteiger charge is -2.25. The Bertz CT molecular complexity index is 461. The van der Waals surface area contributed by atoms with Gasteiger partial charge in [-0.3, -0.25) is 4.79 Å². The number of nitrogens with one attached hydrogen (secondary N) is 1. The van der Waals surface area contributed by atoms with E-state index < -0.39 is 5.97 Å². The first-order valence-electron chi connectivity index (χ1n) is 6.40. The molecule has 0 aromatic heterocycles. The average Bonchev–Trinajstić information content (AvgIpc) is 2.26. The summed E-state index contributed by atoms with van der Waals surface area (Å²) in [6.45, 7) is 8.80. The molecular weight excluding hydrogens is 242 g/mol. The van der Waals surface area contributed by atoms with Crippen molar-refractivity contribution < 1.29 is 14.6 Å².